The standard InChI is InChI=1S/C13H17N3O/c14-8-11-7-12-9-15-3-4-16(12)13(11)10-1-5-17-6-2-10/h7,10,15H,1-6,9H2. The van der Waals surface area contributed by atoms with Gasteiger partial charge in [0.15, 0.2) is 0 Å². The van der Waals surface area contributed by atoms with Crippen LogP contribution in [0.4, 0.5) is 0 Å². The van der Waals surface area contributed by atoms with E-state index in [0.717, 1.165) is 51.3 Å². The molecule has 3 heterocycles. The lowest BCUT2D eigenvalue weighted by atomic mass is 9.94. The number of fused-ring (bicyclic) bond motifs is 1. The van der Waals surface area contributed by atoms with Crippen LogP contribution in [0, 0.1) is 11.3 Å². The molecule has 0 unspecified atom stereocenters. The summed E-state index contributed by atoms with van der Waals surface area (Å²) in [7, 11) is 0. The van der Waals surface area contributed by atoms with Crippen LogP contribution in [0.15, 0.2) is 6.07 Å². The highest BCUT2D eigenvalue weighted by molar-refractivity contribution is 5.41. The van der Waals surface area contributed by atoms with Crippen molar-refractivity contribution in [2.45, 2.75) is 31.8 Å². The molecule has 17 heavy (non-hydrogen) atoms. The summed E-state index contributed by atoms with van der Waals surface area (Å²) in [6.07, 6.45) is 2.09. The number of hydrogen-bond donors (Lipinski definition) is 1. The summed E-state index contributed by atoms with van der Waals surface area (Å²) in [4.78, 5) is 0. The molecular weight excluding hydrogens is 214 g/mol. The van der Waals surface area contributed by atoms with E-state index in [9.17, 15) is 5.26 Å². The van der Waals surface area contributed by atoms with E-state index in [4.69, 9.17) is 4.74 Å². The molecule has 4 nitrogen and oxygen atoms in total. The van der Waals surface area contributed by atoms with Gasteiger partial charge in [-0.1, -0.05) is 0 Å². The summed E-state index contributed by atoms with van der Waals surface area (Å²) in [6, 6.07) is 4.41. The van der Waals surface area contributed by atoms with E-state index < -0.39 is 0 Å². The largest absolute Gasteiger partial charge is 0.381 e. The summed E-state index contributed by atoms with van der Waals surface area (Å²) in [6.45, 7) is 4.53. The number of nitrogens with zero attached hydrogens (tertiary/aromatic N) is 2. The number of hydrogen-bond acceptors (Lipinski definition) is 3. The van der Waals surface area contributed by atoms with Gasteiger partial charge in [0, 0.05) is 50.2 Å². The zero-order valence-corrected chi connectivity index (χ0v) is 9.91. The minimum absolute atomic E-state index is 0.505. The van der Waals surface area contributed by atoms with Gasteiger partial charge in [-0.25, -0.2) is 0 Å². The Balaban J connectivity index is 2.01. The maximum atomic E-state index is 9.28. The lowest BCUT2D eigenvalue weighted by molar-refractivity contribution is 0.0835. The van der Waals surface area contributed by atoms with Gasteiger partial charge in [-0.3, -0.25) is 0 Å². The predicted octanol–water partition coefficient (Wildman–Crippen LogP) is 1.36. The first kappa shape index (κ1) is 10.8. The minimum atomic E-state index is 0.505. The molecule has 1 aromatic heterocycles. The Bertz CT molecular complexity index is 452. The Hall–Kier alpha value is -1.31. The third kappa shape index (κ3) is 1.86. The number of nitriles is 1. The molecule has 0 radical (unpaired) electrons. The molecule has 1 N–H and O–H groups in total. The highest BCUT2D eigenvalue weighted by atomic mass is 16.5. The Morgan fingerprint density at radius 2 is 2.24 bits per heavy atom. The van der Waals surface area contributed by atoms with Crippen LogP contribution in [0.1, 0.15) is 35.7 Å². The van der Waals surface area contributed by atoms with Gasteiger partial charge in [-0.2, -0.15) is 5.26 Å². The summed E-state index contributed by atoms with van der Waals surface area (Å²) in [5.74, 6) is 0.505. The molecular formula is C13H17N3O. The van der Waals surface area contributed by atoms with Crippen molar-refractivity contribution in [3.63, 3.8) is 0 Å². The second-order valence-corrected chi connectivity index (χ2v) is 4.76. The highest BCUT2D eigenvalue weighted by Gasteiger charge is 2.25. The molecule has 1 saturated heterocycles. The summed E-state index contributed by atoms with van der Waals surface area (Å²) in [5.41, 5.74) is 3.39. The van der Waals surface area contributed by atoms with E-state index in [1.165, 1.54) is 11.4 Å². The summed E-state index contributed by atoms with van der Waals surface area (Å²) >= 11 is 0. The van der Waals surface area contributed by atoms with E-state index in [1.54, 1.807) is 0 Å². The summed E-state index contributed by atoms with van der Waals surface area (Å²) in [5, 5.41) is 12.6. The van der Waals surface area contributed by atoms with Crippen LogP contribution in [0.2, 0.25) is 0 Å². The van der Waals surface area contributed by atoms with Crippen molar-refractivity contribution in [1.29, 1.82) is 5.26 Å². The average molecular weight is 231 g/mol. The molecule has 0 aromatic carbocycles. The van der Waals surface area contributed by atoms with E-state index in [1.807, 2.05) is 0 Å². The first-order valence-corrected chi connectivity index (χ1v) is 6.31. The van der Waals surface area contributed by atoms with Crippen molar-refractivity contribution in [3.8, 4) is 6.07 Å². The van der Waals surface area contributed by atoms with Crippen molar-refractivity contribution < 1.29 is 4.74 Å². The van der Waals surface area contributed by atoms with Gasteiger partial charge < -0.3 is 14.6 Å². The van der Waals surface area contributed by atoms with Crippen LogP contribution in [-0.2, 0) is 17.8 Å². The smallest absolute Gasteiger partial charge is 0.101 e. The zero-order chi connectivity index (χ0) is 11.7. The number of rotatable bonds is 1. The van der Waals surface area contributed by atoms with Crippen LogP contribution in [-0.4, -0.2) is 24.3 Å². The number of ether oxygens (including phenoxy) is 1. The first-order valence-electron chi connectivity index (χ1n) is 6.31. The molecule has 0 atom stereocenters. The topological polar surface area (TPSA) is 50.0 Å². The third-order valence-electron chi connectivity index (χ3n) is 3.77. The molecule has 1 fully saturated rings. The van der Waals surface area contributed by atoms with Crippen LogP contribution in [0.5, 0.6) is 0 Å². The van der Waals surface area contributed by atoms with Crippen LogP contribution >= 0.6 is 0 Å². The molecule has 0 spiro atoms. The van der Waals surface area contributed by atoms with Gasteiger partial charge in [0.25, 0.3) is 0 Å². The Kier molecular flexibility index (Phi) is 2.87. The summed E-state index contributed by atoms with van der Waals surface area (Å²) < 4.78 is 7.76. The van der Waals surface area contributed by atoms with Crippen molar-refractivity contribution >= 4 is 0 Å². The molecule has 0 bridgehead atoms. The van der Waals surface area contributed by atoms with E-state index in [0.29, 0.717) is 5.92 Å². The van der Waals surface area contributed by atoms with E-state index in [2.05, 4.69) is 22.0 Å². The fourth-order valence-corrected chi connectivity index (χ4v) is 2.94. The minimum Gasteiger partial charge on any atom is -0.381 e. The molecule has 2 aliphatic heterocycles. The van der Waals surface area contributed by atoms with Gasteiger partial charge >= 0.3 is 0 Å². The van der Waals surface area contributed by atoms with E-state index >= 15 is 0 Å². The van der Waals surface area contributed by atoms with Crippen LogP contribution in [0.3, 0.4) is 0 Å². The van der Waals surface area contributed by atoms with Crippen molar-refractivity contribution in [3.05, 3.63) is 23.0 Å². The fourth-order valence-electron chi connectivity index (χ4n) is 2.94. The second kappa shape index (κ2) is 4.52. The van der Waals surface area contributed by atoms with Gasteiger partial charge in [-0.15, -0.1) is 0 Å². The molecule has 2 aliphatic rings. The Labute approximate surface area is 101 Å². The van der Waals surface area contributed by atoms with Crippen molar-refractivity contribution in [2.75, 3.05) is 19.8 Å². The monoisotopic (exact) mass is 231 g/mol. The maximum absolute atomic E-state index is 9.28. The molecule has 1 aromatic rings. The SMILES string of the molecule is N#Cc1cc2n(c1C1CCOCC1)CCNC2. The number of nitrogens with one attached hydrogen (secondary N) is 1. The van der Waals surface area contributed by atoms with Crippen LogP contribution in [0.25, 0.3) is 0 Å². The lowest BCUT2D eigenvalue weighted by Crippen LogP contribution is -2.29. The first-order chi connectivity index (χ1) is 8.40. The van der Waals surface area contributed by atoms with Gasteiger partial charge in [0.1, 0.15) is 6.07 Å². The molecule has 3 rings (SSSR count). The Morgan fingerprint density at radius 1 is 1.41 bits per heavy atom. The Morgan fingerprint density at radius 3 is 3.00 bits per heavy atom. The lowest BCUT2D eigenvalue weighted by Gasteiger charge is -2.26. The predicted molar refractivity (Wildman–Crippen MR) is 63.6 cm³/mol. The zero-order valence-electron chi connectivity index (χ0n) is 9.91. The van der Waals surface area contributed by atoms with Gasteiger partial charge in [0.2, 0.25) is 0 Å². The maximum Gasteiger partial charge on any atom is 0.101 e. The molecule has 4 heteroatoms. The third-order valence-corrected chi connectivity index (χ3v) is 3.77. The normalized spacial score (nSPS) is 20.9. The highest BCUT2D eigenvalue weighted by Crippen LogP contribution is 2.32. The second-order valence-electron chi connectivity index (χ2n) is 4.76. The van der Waals surface area contributed by atoms with Crippen molar-refractivity contribution in [1.82, 2.24) is 9.88 Å². The molecule has 0 aliphatic carbocycles. The van der Waals surface area contributed by atoms with Gasteiger partial charge in [-0.05, 0) is 18.9 Å². The molecule has 0 saturated carbocycles. The molecule has 90 valence electrons. The number of aromatic nitrogens is 1. The quantitative estimate of drug-likeness (QED) is 0.794. The fraction of sp³-hybridized carbons (Fsp3) is 0.615. The van der Waals surface area contributed by atoms with Crippen molar-refractivity contribution in [2.24, 2.45) is 0 Å². The van der Waals surface area contributed by atoms with E-state index in [-0.39, 0.29) is 0 Å². The molecule has 0 amide bonds. The van der Waals surface area contributed by atoms with Crippen LogP contribution < -0.4 is 5.32 Å². The van der Waals surface area contributed by atoms with Gasteiger partial charge in [0.05, 0.1) is 5.56 Å². The average Bonchev–Trinajstić information content (AvgIpc) is 2.78.